The number of fused-ring (bicyclic) bond motifs is 1. The Morgan fingerprint density at radius 3 is 2.67 bits per heavy atom. The Labute approximate surface area is 122 Å². The first-order valence-electron chi connectivity index (χ1n) is 6.80. The van der Waals surface area contributed by atoms with Crippen LogP contribution in [0.2, 0.25) is 0 Å². The van der Waals surface area contributed by atoms with Gasteiger partial charge in [-0.2, -0.15) is 0 Å². The lowest BCUT2D eigenvalue weighted by atomic mass is 10.1. The third-order valence-corrected chi connectivity index (χ3v) is 3.71. The van der Waals surface area contributed by atoms with E-state index in [9.17, 15) is 9.59 Å². The van der Waals surface area contributed by atoms with Crippen LogP contribution in [0.25, 0.3) is 0 Å². The fourth-order valence-electron chi connectivity index (χ4n) is 2.46. The van der Waals surface area contributed by atoms with Crippen LogP contribution in [-0.2, 0) is 16.1 Å². The molecule has 1 atom stereocenters. The molecular formula is C14H17N3O4. The summed E-state index contributed by atoms with van der Waals surface area (Å²) in [7, 11) is 0. The van der Waals surface area contributed by atoms with E-state index in [-0.39, 0.29) is 24.4 Å². The van der Waals surface area contributed by atoms with Gasteiger partial charge < -0.3 is 15.2 Å². The standard InChI is InChI=1S/C14H17N3O4/c1-8-14(19)16-13(18)7-17(8)6-9-4-11-12(5-10(9)15)21-3-2-20-11/h4-5,8H,2-3,6-7,15H2,1H3,(H,16,18,19). The molecule has 1 aromatic rings. The number of rotatable bonds is 2. The molecule has 2 aliphatic heterocycles. The van der Waals surface area contributed by atoms with Crippen molar-refractivity contribution in [1.29, 1.82) is 0 Å². The van der Waals surface area contributed by atoms with E-state index in [0.717, 1.165) is 5.56 Å². The zero-order chi connectivity index (χ0) is 15.0. The molecule has 0 saturated carbocycles. The molecule has 0 bridgehead atoms. The van der Waals surface area contributed by atoms with Crippen molar-refractivity contribution in [2.75, 3.05) is 25.5 Å². The number of hydrogen-bond donors (Lipinski definition) is 2. The average Bonchev–Trinajstić information content (AvgIpc) is 2.45. The van der Waals surface area contributed by atoms with Crippen LogP contribution < -0.4 is 20.5 Å². The van der Waals surface area contributed by atoms with Gasteiger partial charge in [0.25, 0.3) is 0 Å². The highest BCUT2D eigenvalue weighted by Gasteiger charge is 2.30. The van der Waals surface area contributed by atoms with E-state index in [4.69, 9.17) is 15.2 Å². The summed E-state index contributed by atoms with van der Waals surface area (Å²) in [5.41, 5.74) is 7.40. The van der Waals surface area contributed by atoms with Crippen LogP contribution >= 0.6 is 0 Å². The van der Waals surface area contributed by atoms with Gasteiger partial charge in [0.1, 0.15) is 13.2 Å². The zero-order valence-electron chi connectivity index (χ0n) is 11.7. The summed E-state index contributed by atoms with van der Waals surface area (Å²) in [6, 6.07) is 3.16. The van der Waals surface area contributed by atoms with E-state index in [1.54, 1.807) is 17.9 Å². The van der Waals surface area contributed by atoms with Crippen LogP contribution in [-0.4, -0.2) is 42.5 Å². The second kappa shape index (κ2) is 5.25. The summed E-state index contributed by atoms with van der Waals surface area (Å²) in [5.74, 6) is 0.686. The molecule has 3 N–H and O–H groups in total. The van der Waals surface area contributed by atoms with Crippen LogP contribution in [0.3, 0.4) is 0 Å². The maximum atomic E-state index is 11.7. The van der Waals surface area contributed by atoms with Crippen molar-refractivity contribution in [2.45, 2.75) is 19.5 Å². The normalized spacial score (nSPS) is 22.0. The Morgan fingerprint density at radius 2 is 1.95 bits per heavy atom. The lowest BCUT2D eigenvalue weighted by Gasteiger charge is -2.32. The molecule has 1 aromatic carbocycles. The molecule has 7 heteroatoms. The summed E-state index contributed by atoms with van der Waals surface area (Å²) in [6.45, 7) is 3.33. The Kier molecular flexibility index (Phi) is 3.42. The SMILES string of the molecule is CC1C(=O)NC(=O)CN1Cc1cc2c(cc1N)OCCO2. The molecule has 2 amide bonds. The van der Waals surface area contributed by atoms with E-state index >= 15 is 0 Å². The zero-order valence-corrected chi connectivity index (χ0v) is 11.7. The third-order valence-electron chi connectivity index (χ3n) is 3.71. The van der Waals surface area contributed by atoms with E-state index in [2.05, 4.69) is 5.32 Å². The first-order valence-corrected chi connectivity index (χ1v) is 6.80. The number of hydrogen-bond acceptors (Lipinski definition) is 6. The Hall–Kier alpha value is -2.28. The first-order chi connectivity index (χ1) is 10.0. The number of carbonyl (C=O) groups excluding carboxylic acids is 2. The van der Waals surface area contributed by atoms with Gasteiger partial charge in [0.2, 0.25) is 11.8 Å². The molecule has 112 valence electrons. The molecule has 21 heavy (non-hydrogen) atoms. The summed E-state index contributed by atoms with van der Waals surface area (Å²) < 4.78 is 11.0. The molecular weight excluding hydrogens is 274 g/mol. The fourth-order valence-corrected chi connectivity index (χ4v) is 2.46. The lowest BCUT2D eigenvalue weighted by molar-refractivity contribution is -0.139. The number of nitrogen functional groups attached to an aromatic ring is 1. The minimum atomic E-state index is -0.379. The Morgan fingerprint density at radius 1 is 1.29 bits per heavy atom. The highest BCUT2D eigenvalue weighted by molar-refractivity contribution is 6.00. The number of piperazine rings is 1. The van der Waals surface area contributed by atoms with Gasteiger partial charge in [-0.25, -0.2) is 0 Å². The van der Waals surface area contributed by atoms with Crippen LogP contribution in [0.15, 0.2) is 12.1 Å². The van der Waals surface area contributed by atoms with Gasteiger partial charge in [0.15, 0.2) is 11.5 Å². The number of benzene rings is 1. The number of amides is 2. The number of ether oxygens (including phenoxy) is 2. The summed E-state index contributed by atoms with van der Waals surface area (Å²) >= 11 is 0. The van der Waals surface area contributed by atoms with Crippen LogP contribution in [0.5, 0.6) is 11.5 Å². The second-order valence-corrected chi connectivity index (χ2v) is 5.19. The number of imide groups is 1. The van der Waals surface area contributed by atoms with Crippen molar-refractivity contribution in [3.8, 4) is 11.5 Å². The summed E-state index contributed by atoms with van der Waals surface area (Å²) in [6.07, 6.45) is 0. The third kappa shape index (κ3) is 2.64. The van der Waals surface area contributed by atoms with Gasteiger partial charge in [-0.15, -0.1) is 0 Å². The molecule has 3 rings (SSSR count). The van der Waals surface area contributed by atoms with E-state index < -0.39 is 0 Å². The predicted octanol–water partition coefficient (Wildman–Crippen LogP) is -0.113. The van der Waals surface area contributed by atoms with Gasteiger partial charge >= 0.3 is 0 Å². The lowest BCUT2D eigenvalue weighted by Crippen LogP contribution is -2.56. The van der Waals surface area contributed by atoms with Gasteiger partial charge in [-0.3, -0.25) is 19.8 Å². The first kappa shape index (κ1) is 13.7. The van der Waals surface area contributed by atoms with Crippen molar-refractivity contribution < 1.29 is 19.1 Å². The van der Waals surface area contributed by atoms with Crippen LogP contribution in [0, 0.1) is 0 Å². The van der Waals surface area contributed by atoms with Gasteiger partial charge in [0, 0.05) is 18.3 Å². The molecule has 0 radical (unpaired) electrons. The average molecular weight is 291 g/mol. The van der Waals surface area contributed by atoms with Crippen molar-refractivity contribution in [3.05, 3.63) is 17.7 Å². The molecule has 1 fully saturated rings. The maximum absolute atomic E-state index is 11.7. The van der Waals surface area contributed by atoms with Gasteiger partial charge in [-0.1, -0.05) is 0 Å². The molecule has 1 saturated heterocycles. The Bertz CT molecular complexity index is 602. The monoisotopic (exact) mass is 291 g/mol. The minimum absolute atomic E-state index is 0.167. The highest BCUT2D eigenvalue weighted by Crippen LogP contribution is 2.35. The van der Waals surface area contributed by atoms with Crippen molar-refractivity contribution in [3.63, 3.8) is 0 Å². The van der Waals surface area contributed by atoms with E-state index in [0.29, 0.717) is 36.9 Å². The molecule has 1 unspecified atom stereocenters. The molecule has 0 spiro atoms. The number of nitrogens with two attached hydrogens (primary N) is 1. The highest BCUT2D eigenvalue weighted by atomic mass is 16.6. The number of nitrogens with zero attached hydrogens (tertiary/aromatic N) is 1. The largest absolute Gasteiger partial charge is 0.486 e. The number of nitrogens with one attached hydrogen (secondary N) is 1. The predicted molar refractivity (Wildman–Crippen MR) is 74.9 cm³/mol. The van der Waals surface area contributed by atoms with E-state index in [1.165, 1.54) is 0 Å². The molecule has 7 nitrogen and oxygen atoms in total. The van der Waals surface area contributed by atoms with Crippen molar-refractivity contribution >= 4 is 17.5 Å². The topological polar surface area (TPSA) is 93.9 Å². The quantitative estimate of drug-likeness (QED) is 0.583. The summed E-state index contributed by atoms with van der Waals surface area (Å²) in [4.78, 5) is 24.9. The molecule has 2 heterocycles. The molecule has 0 aromatic heterocycles. The maximum Gasteiger partial charge on any atom is 0.243 e. The minimum Gasteiger partial charge on any atom is -0.486 e. The summed E-state index contributed by atoms with van der Waals surface area (Å²) in [5, 5.41) is 2.31. The Balaban J connectivity index is 1.84. The molecule has 0 aliphatic carbocycles. The van der Waals surface area contributed by atoms with Gasteiger partial charge in [0.05, 0.1) is 12.6 Å². The fraction of sp³-hybridized carbons (Fsp3) is 0.429. The smallest absolute Gasteiger partial charge is 0.243 e. The van der Waals surface area contributed by atoms with Crippen molar-refractivity contribution in [1.82, 2.24) is 10.2 Å². The number of carbonyl (C=O) groups is 2. The van der Waals surface area contributed by atoms with Crippen LogP contribution in [0.1, 0.15) is 12.5 Å². The molecule has 2 aliphatic rings. The second-order valence-electron chi connectivity index (χ2n) is 5.19. The van der Waals surface area contributed by atoms with Crippen LogP contribution in [0.4, 0.5) is 5.69 Å². The van der Waals surface area contributed by atoms with E-state index in [1.807, 2.05) is 6.07 Å². The van der Waals surface area contributed by atoms with Gasteiger partial charge in [-0.05, 0) is 18.6 Å². The van der Waals surface area contributed by atoms with Crippen molar-refractivity contribution in [2.24, 2.45) is 0 Å². The number of anilines is 1.